The van der Waals surface area contributed by atoms with Crippen molar-refractivity contribution >= 4 is 42.1 Å². The van der Waals surface area contributed by atoms with Crippen LogP contribution in [0.15, 0.2) is 35.7 Å². The molecule has 9 heteroatoms. The molecule has 1 saturated heterocycles. The monoisotopic (exact) mass is 446 g/mol. The summed E-state index contributed by atoms with van der Waals surface area (Å²) in [5.41, 5.74) is 6.95. The van der Waals surface area contributed by atoms with Crippen LogP contribution in [0.2, 0.25) is 0 Å². The minimum atomic E-state index is -0.450. The average Bonchev–Trinajstić information content (AvgIpc) is 3.17. The van der Waals surface area contributed by atoms with Crippen molar-refractivity contribution in [2.45, 2.75) is 25.5 Å². The lowest BCUT2D eigenvalue weighted by molar-refractivity contribution is 0.0850. The number of hydrogen-bond acceptors (Lipinski definition) is 6. The highest BCUT2D eigenvalue weighted by Gasteiger charge is 2.22. The van der Waals surface area contributed by atoms with Crippen molar-refractivity contribution in [2.24, 2.45) is 11.7 Å². The highest BCUT2D eigenvalue weighted by atomic mass is 35.5. The van der Waals surface area contributed by atoms with Gasteiger partial charge in [-0.2, -0.15) is 0 Å². The Bertz CT molecular complexity index is 709. The fourth-order valence-electron chi connectivity index (χ4n) is 3.23. The number of carbonyl (C=O) groups excluding carboxylic acids is 1. The van der Waals surface area contributed by atoms with Gasteiger partial charge in [0.05, 0.1) is 6.10 Å². The molecule has 28 heavy (non-hydrogen) atoms. The van der Waals surface area contributed by atoms with E-state index in [0.717, 1.165) is 36.5 Å². The number of rotatable bonds is 7. The van der Waals surface area contributed by atoms with Gasteiger partial charge in [-0.3, -0.25) is 4.79 Å². The molecular weight excluding hydrogens is 419 g/mol. The van der Waals surface area contributed by atoms with E-state index in [0.29, 0.717) is 31.2 Å². The molecule has 0 radical (unpaired) electrons. The number of amides is 1. The number of aliphatic hydroxyl groups is 1. The third-order valence-electron chi connectivity index (χ3n) is 4.83. The maximum atomic E-state index is 12.1. The molecule has 1 aromatic heterocycles. The van der Waals surface area contributed by atoms with E-state index in [1.54, 1.807) is 5.38 Å². The predicted molar refractivity (Wildman–Crippen MR) is 117 cm³/mol. The highest BCUT2D eigenvalue weighted by molar-refractivity contribution is 7.09. The number of β-amino-alcohol motifs (C(OH)–C–C–N with tert-alkyl or cyclic N) is 1. The van der Waals surface area contributed by atoms with Gasteiger partial charge in [-0.25, -0.2) is 4.98 Å². The van der Waals surface area contributed by atoms with Crippen molar-refractivity contribution in [2.75, 3.05) is 26.2 Å². The van der Waals surface area contributed by atoms with Crippen LogP contribution in [0.1, 0.15) is 40.0 Å². The third kappa shape index (κ3) is 6.99. The number of halogens is 2. The summed E-state index contributed by atoms with van der Waals surface area (Å²) in [6.45, 7) is 3.58. The zero-order valence-electron chi connectivity index (χ0n) is 15.6. The van der Waals surface area contributed by atoms with Gasteiger partial charge in [0, 0.05) is 25.0 Å². The normalized spacial score (nSPS) is 15.9. The highest BCUT2D eigenvalue weighted by Crippen LogP contribution is 2.20. The molecule has 2 aromatic rings. The van der Waals surface area contributed by atoms with E-state index in [2.05, 4.69) is 15.2 Å². The average molecular weight is 447 g/mol. The number of carbonyl (C=O) groups is 1. The summed E-state index contributed by atoms with van der Waals surface area (Å²) in [4.78, 5) is 18.6. The van der Waals surface area contributed by atoms with Gasteiger partial charge in [0.15, 0.2) is 0 Å². The summed E-state index contributed by atoms with van der Waals surface area (Å²) in [5, 5.41) is 15.9. The van der Waals surface area contributed by atoms with Crippen molar-refractivity contribution < 1.29 is 9.90 Å². The Balaban J connectivity index is 0.00000196. The topological polar surface area (TPSA) is 91.5 Å². The SMILES string of the molecule is Cl.Cl.NCc1nc(C(=O)NCC2CCN(CC(O)c3ccccc3)CC2)cs1. The fraction of sp³-hybridized carbons (Fsp3) is 0.474. The first-order valence-corrected chi connectivity index (χ1v) is 9.91. The van der Waals surface area contributed by atoms with Gasteiger partial charge in [-0.15, -0.1) is 36.2 Å². The van der Waals surface area contributed by atoms with E-state index in [1.165, 1.54) is 11.3 Å². The lowest BCUT2D eigenvalue weighted by Gasteiger charge is -2.33. The minimum Gasteiger partial charge on any atom is -0.387 e. The molecule has 1 unspecified atom stereocenters. The first kappa shape index (κ1) is 24.8. The van der Waals surface area contributed by atoms with Gasteiger partial charge in [0.25, 0.3) is 5.91 Å². The zero-order valence-corrected chi connectivity index (χ0v) is 18.1. The van der Waals surface area contributed by atoms with Crippen LogP contribution >= 0.6 is 36.2 Å². The Morgan fingerprint density at radius 1 is 1.29 bits per heavy atom. The van der Waals surface area contributed by atoms with Gasteiger partial charge in [0.1, 0.15) is 10.7 Å². The molecule has 1 atom stereocenters. The Morgan fingerprint density at radius 2 is 1.96 bits per heavy atom. The second-order valence-corrected chi connectivity index (χ2v) is 7.65. The molecule has 0 bridgehead atoms. The van der Waals surface area contributed by atoms with E-state index in [1.807, 2.05) is 30.3 Å². The van der Waals surface area contributed by atoms with E-state index in [-0.39, 0.29) is 30.7 Å². The van der Waals surface area contributed by atoms with Crippen LogP contribution in [0.3, 0.4) is 0 Å². The van der Waals surface area contributed by atoms with E-state index in [4.69, 9.17) is 5.73 Å². The lowest BCUT2D eigenvalue weighted by Crippen LogP contribution is -2.40. The van der Waals surface area contributed by atoms with Gasteiger partial charge >= 0.3 is 0 Å². The summed E-state index contributed by atoms with van der Waals surface area (Å²) in [7, 11) is 0. The van der Waals surface area contributed by atoms with E-state index < -0.39 is 6.10 Å². The Hall–Kier alpha value is -1.22. The first-order valence-electron chi connectivity index (χ1n) is 9.03. The molecule has 4 N–H and O–H groups in total. The van der Waals surface area contributed by atoms with E-state index >= 15 is 0 Å². The first-order chi connectivity index (χ1) is 12.7. The van der Waals surface area contributed by atoms with Crippen molar-refractivity contribution in [3.8, 4) is 0 Å². The van der Waals surface area contributed by atoms with Crippen molar-refractivity contribution in [3.05, 3.63) is 52.0 Å². The molecule has 3 rings (SSSR count). The summed E-state index contributed by atoms with van der Waals surface area (Å²) < 4.78 is 0. The van der Waals surface area contributed by atoms with Crippen LogP contribution in [0, 0.1) is 5.92 Å². The van der Waals surface area contributed by atoms with Crippen molar-refractivity contribution in [1.29, 1.82) is 0 Å². The van der Waals surface area contributed by atoms with Gasteiger partial charge in [-0.1, -0.05) is 30.3 Å². The number of piperidine rings is 1. The van der Waals surface area contributed by atoms with Crippen LogP contribution in [0.25, 0.3) is 0 Å². The molecular formula is C19H28Cl2N4O2S. The van der Waals surface area contributed by atoms with Crippen LogP contribution in [0.4, 0.5) is 0 Å². The van der Waals surface area contributed by atoms with Gasteiger partial charge in [-0.05, 0) is 37.4 Å². The lowest BCUT2D eigenvalue weighted by atomic mass is 9.96. The van der Waals surface area contributed by atoms with Crippen molar-refractivity contribution in [1.82, 2.24) is 15.2 Å². The number of nitrogens with zero attached hydrogens (tertiary/aromatic N) is 2. The fourth-order valence-corrected chi connectivity index (χ4v) is 3.89. The number of hydrogen-bond donors (Lipinski definition) is 3. The standard InChI is InChI=1S/C19H26N4O2S.2ClH/c20-10-18-22-16(13-26-18)19(25)21-11-14-6-8-23(9-7-14)12-17(24)15-4-2-1-3-5-15;;/h1-5,13-14,17,24H,6-12,20H2,(H,21,25);2*1H. The molecule has 156 valence electrons. The second-order valence-electron chi connectivity index (χ2n) is 6.71. The van der Waals surface area contributed by atoms with Crippen LogP contribution in [0.5, 0.6) is 0 Å². The number of nitrogens with one attached hydrogen (secondary N) is 1. The summed E-state index contributed by atoms with van der Waals surface area (Å²) in [6.07, 6.45) is 1.59. The third-order valence-corrected chi connectivity index (χ3v) is 5.70. The zero-order chi connectivity index (χ0) is 18.4. The van der Waals surface area contributed by atoms with E-state index in [9.17, 15) is 9.90 Å². The predicted octanol–water partition coefficient (Wildman–Crippen LogP) is 2.62. The molecule has 1 aromatic carbocycles. The van der Waals surface area contributed by atoms with Crippen LogP contribution in [-0.4, -0.2) is 47.1 Å². The van der Waals surface area contributed by atoms with Crippen molar-refractivity contribution in [3.63, 3.8) is 0 Å². The number of likely N-dealkylation sites (tertiary alicyclic amines) is 1. The quantitative estimate of drug-likeness (QED) is 0.607. The number of aromatic nitrogens is 1. The number of aliphatic hydroxyl groups excluding tert-OH is 1. The molecule has 1 amide bonds. The van der Waals surface area contributed by atoms with Crippen LogP contribution in [-0.2, 0) is 6.54 Å². The Labute approximate surface area is 182 Å². The molecule has 6 nitrogen and oxygen atoms in total. The minimum absolute atomic E-state index is 0. The molecule has 0 spiro atoms. The number of nitrogens with two attached hydrogens (primary N) is 1. The van der Waals surface area contributed by atoms with Gasteiger partial charge < -0.3 is 21.1 Å². The second kappa shape index (κ2) is 12.4. The molecule has 2 heterocycles. The Morgan fingerprint density at radius 3 is 2.57 bits per heavy atom. The summed E-state index contributed by atoms with van der Waals surface area (Å²) in [5.74, 6) is 0.347. The number of benzene rings is 1. The molecule has 0 aliphatic carbocycles. The largest absolute Gasteiger partial charge is 0.387 e. The van der Waals surface area contributed by atoms with Gasteiger partial charge in [0.2, 0.25) is 0 Å². The summed E-state index contributed by atoms with van der Waals surface area (Å²) >= 11 is 1.42. The number of thiazole rings is 1. The Kier molecular flexibility index (Phi) is 11.0. The molecule has 0 saturated carbocycles. The van der Waals surface area contributed by atoms with Crippen LogP contribution < -0.4 is 11.1 Å². The smallest absolute Gasteiger partial charge is 0.270 e. The molecule has 1 fully saturated rings. The maximum absolute atomic E-state index is 12.1. The maximum Gasteiger partial charge on any atom is 0.270 e. The molecule has 1 aliphatic heterocycles. The molecule has 1 aliphatic rings. The summed E-state index contributed by atoms with van der Waals surface area (Å²) in [6, 6.07) is 9.78.